The molecular formula is C18H25NO4S. The average molecular weight is 351 g/mol. The van der Waals surface area contributed by atoms with Crippen molar-refractivity contribution in [3.05, 3.63) is 29.8 Å². The number of thioether (sulfide) groups is 1. The molecule has 2 fully saturated rings. The Morgan fingerprint density at radius 3 is 2.62 bits per heavy atom. The number of aliphatic hydroxyl groups is 2. The lowest BCUT2D eigenvalue weighted by atomic mass is 9.82. The van der Waals surface area contributed by atoms with Crippen molar-refractivity contribution >= 4 is 17.7 Å². The summed E-state index contributed by atoms with van der Waals surface area (Å²) < 4.78 is 5.89. The lowest BCUT2D eigenvalue weighted by Crippen LogP contribution is -2.56. The van der Waals surface area contributed by atoms with E-state index in [-0.39, 0.29) is 12.5 Å². The molecule has 24 heavy (non-hydrogen) atoms. The minimum Gasteiger partial charge on any atom is -0.396 e. The molecule has 2 aliphatic rings. The summed E-state index contributed by atoms with van der Waals surface area (Å²) >= 11 is 1.57. The Morgan fingerprint density at radius 2 is 2.00 bits per heavy atom. The fraction of sp³-hybridized carbons (Fsp3) is 0.611. The molecule has 2 aliphatic heterocycles. The van der Waals surface area contributed by atoms with Gasteiger partial charge in [0.15, 0.2) is 0 Å². The second-order valence-corrected chi connectivity index (χ2v) is 7.63. The van der Waals surface area contributed by atoms with Crippen LogP contribution in [-0.2, 0) is 4.74 Å². The van der Waals surface area contributed by atoms with E-state index in [1.807, 2.05) is 29.2 Å². The maximum absolute atomic E-state index is 12.7. The zero-order chi connectivity index (χ0) is 17.0. The van der Waals surface area contributed by atoms with Crippen LogP contribution in [-0.4, -0.2) is 64.8 Å². The molecule has 1 amide bonds. The highest BCUT2D eigenvalue weighted by Gasteiger charge is 2.44. The number of likely N-dealkylation sites (tertiary alicyclic amines) is 1. The summed E-state index contributed by atoms with van der Waals surface area (Å²) in [6.07, 6.45) is 2.69. The molecule has 3 rings (SSSR count). The van der Waals surface area contributed by atoms with Crippen LogP contribution in [0.4, 0.5) is 0 Å². The zero-order valence-electron chi connectivity index (χ0n) is 13.8. The smallest absolute Gasteiger partial charge is 0.253 e. The Morgan fingerprint density at radius 1 is 1.29 bits per heavy atom. The van der Waals surface area contributed by atoms with E-state index in [2.05, 4.69) is 0 Å². The normalized spacial score (nSPS) is 23.4. The first kappa shape index (κ1) is 17.7. The van der Waals surface area contributed by atoms with Crippen molar-refractivity contribution < 1.29 is 19.7 Å². The van der Waals surface area contributed by atoms with E-state index in [0.717, 1.165) is 17.7 Å². The predicted molar refractivity (Wildman–Crippen MR) is 93.3 cm³/mol. The summed E-state index contributed by atoms with van der Waals surface area (Å²) in [6.45, 7) is 2.10. The van der Waals surface area contributed by atoms with Gasteiger partial charge >= 0.3 is 0 Å². The molecule has 0 radical (unpaired) electrons. The highest BCUT2D eigenvalue weighted by Crippen LogP contribution is 2.35. The number of aliphatic hydroxyl groups excluding tert-OH is 2. The van der Waals surface area contributed by atoms with Crippen LogP contribution in [0.5, 0.6) is 0 Å². The molecule has 1 atom stereocenters. The fourth-order valence-corrected chi connectivity index (χ4v) is 4.17. The summed E-state index contributed by atoms with van der Waals surface area (Å²) in [5, 5.41) is 19.1. The number of carbonyl (C=O) groups is 1. The van der Waals surface area contributed by atoms with Gasteiger partial charge in [-0.2, -0.15) is 0 Å². The van der Waals surface area contributed by atoms with Crippen molar-refractivity contribution in [2.45, 2.75) is 42.3 Å². The number of hydrogen-bond acceptors (Lipinski definition) is 5. The Labute approximate surface area is 147 Å². The number of hydrogen-bond donors (Lipinski definition) is 2. The summed E-state index contributed by atoms with van der Waals surface area (Å²) in [5.41, 5.74) is 0.240. The molecule has 6 heteroatoms. The number of amides is 1. The summed E-state index contributed by atoms with van der Waals surface area (Å²) in [5.74, 6) is 0.693. The molecule has 2 heterocycles. The van der Waals surface area contributed by atoms with Gasteiger partial charge in [-0.05, 0) is 49.9 Å². The molecule has 1 aromatic carbocycles. The van der Waals surface area contributed by atoms with Crippen LogP contribution in [0, 0.1) is 0 Å². The average Bonchev–Trinajstić information content (AvgIpc) is 2.63. The number of rotatable bonds is 4. The van der Waals surface area contributed by atoms with Gasteiger partial charge in [0.1, 0.15) is 0 Å². The van der Waals surface area contributed by atoms with Crippen molar-refractivity contribution in [3.8, 4) is 0 Å². The third-order valence-electron chi connectivity index (χ3n) is 4.98. The molecule has 132 valence electrons. The highest BCUT2D eigenvalue weighted by molar-refractivity contribution is 7.99. The summed E-state index contributed by atoms with van der Waals surface area (Å²) in [4.78, 5) is 15.6. The maximum Gasteiger partial charge on any atom is 0.253 e. The van der Waals surface area contributed by atoms with Crippen LogP contribution >= 0.6 is 11.8 Å². The van der Waals surface area contributed by atoms with Gasteiger partial charge in [0, 0.05) is 35.9 Å². The quantitative estimate of drug-likeness (QED) is 0.811. The fourth-order valence-electron chi connectivity index (χ4n) is 3.52. The van der Waals surface area contributed by atoms with Crippen molar-refractivity contribution in [1.82, 2.24) is 4.90 Å². The second kappa shape index (κ2) is 7.87. The molecule has 0 aromatic heterocycles. The van der Waals surface area contributed by atoms with Gasteiger partial charge in [-0.25, -0.2) is 0 Å². The van der Waals surface area contributed by atoms with Gasteiger partial charge in [-0.15, -0.1) is 11.8 Å². The number of benzene rings is 1. The monoisotopic (exact) mass is 351 g/mol. The SMILES string of the molecule is O=C(c1ccc(SCCO)cc1)N1CCC2(CC1)OCCC[C@H]2O. The summed E-state index contributed by atoms with van der Waals surface area (Å²) in [7, 11) is 0. The first-order chi connectivity index (χ1) is 11.6. The first-order valence-electron chi connectivity index (χ1n) is 8.60. The zero-order valence-corrected chi connectivity index (χ0v) is 14.6. The number of carbonyl (C=O) groups excluding carboxylic acids is 1. The van der Waals surface area contributed by atoms with E-state index < -0.39 is 11.7 Å². The predicted octanol–water partition coefficient (Wildman–Crippen LogP) is 1.92. The maximum atomic E-state index is 12.7. The second-order valence-electron chi connectivity index (χ2n) is 6.46. The Kier molecular flexibility index (Phi) is 5.81. The van der Waals surface area contributed by atoms with Crippen LogP contribution < -0.4 is 0 Å². The van der Waals surface area contributed by atoms with Gasteiger partial charge in [-0.1, -0.05) is 0 Å². The van der Waals surface area contributed by atoms with Crippen LogP contribution in [0.25, 0.3) is 0 Å². The lowest BCUT2D eigenvalue weighted by Gasteiger charge is -2.46. The van der Waals surface area contributed by atoms with Crippen LogP contribution in [0.15, 0.2) is 29.2 Å². The third-order valence-corrected chi connectivity index (χ3v) is 5.97. The molecular weight excluding hydrogens is 326 g/mol. The Hall–Kier alpha value is -1.08. The van der Waals surface area contributed by atoms with Crippen molar-refractivity contribution in [2.75, 3.05) is 32.1 Å². The van der Waals surface area contributed by atoms with Crippen LogP contribution in [0.1, 0.15) is 36.0 Å². The number of ether oxygens (including phenoxy) is 1. The Bertz CT molecular complexity index is 555. The van der Waals surface area contributed by atoms with Crippen LogP contribution in [0.3, 0.4) is 0 Å². The van der Waals surface area contributed by atoms with E-state index in [9.17, 15) is 9.90 Å². The summed E-state index contributed by atoms with van der Waals surface area (Å²) in [6, 6.07) is 7.54. The molecule has 2 saturated heterocycles. The molecule has 0 unspecified atom stereocenters. The van der Waals surface area contributed by atoms with Crippen molar-refractivity contribution in [3.63, 3.8) is 0 Å². The van der Waals surface area contributed by atoms with E-state index in [0.29, 0.717) is 43.9 Å². The van der Waals surface area contributed by atoms with Gasteiger partial charge in [-0.3, -0.25) is 4.79 Å². The third kappa shape index (κ3) is 3.77. The van der Waals surface area contributed by atoms with Crippen molar-refractivity contribution in [2.24, 2.45) is 0 Å². The molecule has 0 bridgehead atoms. The highest BCUT2D eigenvalue weighted by atomic mass is 32.2. The van der Waals surface area contributed by atoms with Gasteiger partial charge in [0.2, 0.25) is 0 Å². The lowest BCUT2D eigenvalue weighted by molar-refractivity contribution is -0.174. The van der Waals surface area contributed by atoms with Gasteiger partial charge in [0.05, 0.1) is 18.3 Å². The topological polar surface area (TPSA) is 70.0 Å². The van der Waals surface area contributed by atoms with Crippen LogP contribution in [0.2, 0.25) is 0 Å². The van der Waals surface area contributed by atoms with Gasteiger partial charge < -0.3 is 19.8 Å². The molecule has 2 N–H and O–H groups in total. The largest absolute Gasteiger partial charge is 0.396 e. The minimum absolute atomic E-state index is 0.0360. The standard InChI is InChI=1S/C18H25NO4S/c20-11-13-24-15-5-3-14(4-6-15)17(22)19-9-7-18(8-10-19)16(21)2-1-12-23-18/h3-6,16,20-21H,1-2,7-13H2/t16-/m1/s1. The van der Waals surface area contributed by atoms with E-state index in [1.165, 1.54) is 0 Å². The molecule has 0 saturated carbocycles. The molecule has 1 aromatic rings. The molecule has 5 nitrogen and oxygen atoms in total. The van der Waals surface area contributed by atoms with Crippen molar-refractivity contribution in [1.29, 1.82) is 0 Å². The molecule has 1 spiro atoms. The van der Waals surface area contributed by atoms with E-state index in [1.54, 1.807) is 11.8 Å². The minimum atomic E-state index is -0.445. The Balaban J connectivity index is 1.58. The number of nitrogens with zero attached hydrogens (tertiary/aromatic N) is 1. The van der Waals surface area contributed by atoms with Gasteiger partial charge in [0.25, 0.3) is 5.91 Å². The molecule has 0 aliphatic carbocycles. The van der Waals surface area contributed by atoms with E-state index >= 15 is 0 Å². The van der Waals surface area contributed by atoms with E-state index in [4.69, 9.17) is 9.84 Å². The first-order valence-corrected chi connectivity index (χ1v) is 9.58. The number of piperidine rings is 1.